The lowest BCUT2D eigenvalue weighted by atomic mass is 9.81. The summed E-state index contributed by atoms with van der Waals surface area (Å²) in [5.41, 5.74) is -0.732. The van der Waals surface area contributed by atoms with E-state index in [1.54, 1.807) is 33.2 Å². The molecule has 0 bridgehead atoms. The van der Waals surface area contributed by atoms with Gasteiger partial charge in [-0.05, 0) is 79.6 Å². The van der Waals surface area contributed by atoms with E-state index in [-0.39, 0.29) is 11.8 Å². The van der Waals surface area contributed by atoms with Gasteiger partial charge in [-0.2, -0.15) is 0 Å². The predicted molar refractivity (Wildman–Crippen MR) is 145 cm³/mol. The number of hydrogen-bond donors (Lipinski definition) is 1. The van der Waals surface area contributed by atoms with Crippen LogP contribution in [0.25, 0.3) is 0 Å². The van der Waals surface area contributed by atoms with Crippen LogP contribution in [0.2, 0.25) is 0 Å². The van der Waals surface area contributed by atoms with E-state index in [4.69, 9.17) is 18.8 Å². The molecule has 2 fully saturated rings. The Bertz CT molecular complexity index is 947. The van der Waals surface area contributed by atoms with Gasteiger partial charge in [-0.25, -0.2) is 14.8 Å². The Balaban J connectivity index is 1.48. The second kappa shape index (κ2) is 11.8. The van der Waals surface area contributed by atoms with E-state index >= 15 is 0 Å². The van der Waals surface area contributed by atoms with Crippen LogP contribution in [0.15, 0.2) is 12.4 Å². The monoisotopic (exact) mass is 532 g/mol. The standard InChI is InChI=1S/C27H45BN4O6/c1-18(2)21(31-24(34)36-25(3,4)5)22(33)32-13-10-11-19(17-32)12-14-35-23-29-15-20(16-30-23)28-37-26(6,7)27(8,9)38-28/h15-16,18-19,21H,10-14,17H2,1-9H3,(H,31,34)/t19-,21+/m1/s1. The summed E-state index contributed by atoms with van der Waals surface area (Å²) in [5, 5.41) is 2.77. The first-order chi connectivity index (χ1) is 17.6. The van der Waals surface area contributed by atoms with E-state index in [2.05, 4.69) is 15.3 Å². The van der Waals surface area contributed by atoms with Crippen LogP contribution in [0.1, 0.15) is 81.6 Å². The van der Waals surface area contributed by atoms with Crippen LogP contribution in [0.5, 0.6) is 6.01 Å². The van der Waals surface area contributed by atoms with Gasteiger partial charge in [0.25, 0.3) is 0 Å². The number of amides is 2. The van der Waals surface area contributed by atoms with Crippen LogP contribution in [-0.2, 0) is 18.8 Å². The molecule has 0 unspecified atom stereocenters. The summed E-state index contributed by atoms with van der Waals surface area (Å²) in [7, 11) is -0.515. The van der Waals surface area contributed by atoms with Crippen LogP contribution < -0.4 is 15.5 Å². The van der Waals surface area contributed by atoms with Gasteiger partial charge in [0, 0.05) is 30.9 Å². The quantitative estimate of drug-likeness (QED) is 0.508. The van der Waals surface area contributed by atoms with E-state index in [9.17, 15) is 9.59 Å². The minimum absolute atomic E-state index is 0.0592. The smallest absolute Gasteiger partial charge is 0.463 e. The molecular formula is C27H45BN4O6. The number of nitrogens with zero attached hydrogens (tertiary/aromatic N) is 3. The molecule has 212 valence electrons. The summed E-state index contributed by atoms with van der Waals surface area (Å²) < 4.78 is 23.3. The molecule has 2 amide bonds. The largest absolute Gasteiger partial charge is 0.498 e. The van der Waals surface area contributed by atoms with Gasteiger partial charge in [0.2, 0.25) is 5.91 Å². The molecular weight excluding hydrogens is 487 g/mol. The highest BCUT2D eigenvalue weighted by Crippen LogP contribution is 2.36. The summed E-state index contributed by atoms with van der Waals surface area (Å²) in [6, 6.07) is -0.328. The van der Waals surface area contributed by atoms with Gasteiger partial charge in [0.15, 0.2) is 0 Å². The van der Waals surface area contributed by atoms with Gasteiger partial charge >= 0.3 is 19.2 Å². The summed E-state index contributed by atoms with van der Waals surface area (Å²) in [6.07, 6.45) is 5.48. The van der Waals surface area contributed by atoms with E-state index in [1.807, 2.05) is 46.4 Å². The third kappa shape index (κ3) is 7.82. The zero-order valence-electron chi connectivity index (χ0n) is 24.5. The first-order valence-corrected chi connectivity index (χ1v) is 13.7. The molecule has 0 saturated carbocycles. The number of hydrogen-bond acceptors (Lipinski definition) is 8. The van der Waals surface area contributed by atoms with Crippen LogP contribution in [0, 0.1) is 11.8 Å². The third-order valence-corrected chi connectivity index (χ3v) is 7.37. The minimum Gasteiger partial charge on any atom is -0.463 e. The molecule has 11 heteroatoms. The molecule has 2 aliphatic heterocycles. The predicted octanol–water partition coefficient (Wildman–Crippen LogP) is 3.33. The Hall–Kier alpha value is -2.40. The topological polar surface area (TPSA) is 112 Å². The fourth-order valence-electron chi connectivity index (χ4n) is 4.46. The molecule has 1 aromatic rings. The van der Waals surface area contributed by atoms with Crippen molar-refractivity contribution in [3.63, 3.8) is 0 Å². The van der Waals surface area contributed by atoms with Gasteiger partial charge in [-0.15, -0.1) is 0 Å². The van der Waals surface area contributed by atoms with Crippen molar-refractivity contribution in [3.8, 4) is 6.01 Å². The van der Waals surface area contributed by atoms with Gasteiger partial charge in [0.1, 0.15) is 11.6 Å². The zero-order chi connectivity index (χ0) is 28.3. The molecule has 38 heavy (non-hydrogen) atoms. The lowest BCUT2D eigenvalue weighted by Gasteiger charge is -2.36. The third-order valence-electron chi connectivity index (χ3n) is 7.37. The number of alkyl carbamates (subject to hydrolysis) is 1. The highest BCUT2D eigenvalue weighted by molar-refractivity contribution is 6.61. The van der Waals surface area contributed by atoms with Crippen LogP contribution in [0.3, 0.4) is 0 Å². The van der Waals surface area contributed by atoms with E-state index in [1.165, 1.54) is 0 Å². The maximum Gasteiger partial charge on any atom is 0.498 e. The van der Waals surface area contributed by atoms with Crippen molar-refractivity contribution < 1.29 is 28.4 Å². The molecule has 3 heterocycles. The minimum atomic E-state index is -0.629. The molecule has 0 spiro atoms. The van der Waals surface area contributed by atoms with Gasteiger partial charge in [-0.3, -0.25) is 4.79 Å². The maximum atomic E-state index is 13.3. The van der Waals surface area contributed by atoms with Crippen molar-refractivity contribution in [2.75, 3.05) is 19.7 Å². The molecule has 2 atom stereocenters. The Labute approximate surface area is 227 Å². The first-order valence-electron chi connectivity index (χ1n) is 13.7. The van der Waals surface area contributed by atoms with Gasteiger partial charge in [0.05, 0.1) is 17.8 Å². The van der Waals surface area contributed by atoms with Crippen LogP contribution >= 0.6 is 0 Å². The highest BCUT2D eigenvalue weighted by atomic mass is 16.7. The molecule has 1 N–H and O–H groups in total. The fourth-order valence-corrected chi connectivity index (χ4v) is 4.46. The van der Waals surface area contributed by atoms with Crippen molar-refractivity contribution in [1.29, 1.82) is 0 Å². The first kappa shape index (κ1) is 30.2. The van der Waals surface area contributed by atoms with Gasteiger partial charge in [-0.1, -0.05) is 13.8 Å². The van der Waals surface area contributed by atoms with Crippen molar-refractivity contribution in [2.24, 2.45) is 11.8 Å². The average Bonchev–Trinajstić information content (AvgIpc) is 3.03. The summed E-state index contributed by atoms with van der Waals surface area (Å²) in [4.78, 5) is 36.1. The number of piperidine rings is 1. The van der Waals surface area contributed by atoms with E-state index < -0.39 is 36.1 Å². The molecule has 2 aliphatic rings. The second-order valence-electron chi connectivity index (χ2n) is 12.7. The van der Waals surface area contributed by atoms with Gasteiger partial charge < -0.3 is 29.0 Å². The maximum absolute atomic E-state index is 13.3. The van der Waals surface area contributed by atoms with Crippen LogP contribution in [-0.4, -0.2) is 76.5 Å². The van der Waals surface area contributed by atoms with E-state index in [0.29, 0.717) is 31.6 Å². The number of likely N-dealkylation sites (tertiary alicyclic amines) is 1. The Morgan fingerprint density at radius 1 is 1.16 bits per heavy atom. The summed E-state index contributed by atoms with van der Waals surface area (Å²) in [6.45, 7) is 19.0. The molecule has 0 aliphatic carbocycles. The average molecular weight is 532 g/mol. The summed E-state index contributed by atoms with van der Waals surface area (Å²) >= 11 is 0. The van der Waals surface area contributed by atoms with Crippen molar-refractivity contribution >= 4 is 24.6 Å². The SMILES string of the molecule is CC(C)[C@H](NC(=O)OC(C)(C)C)C(=O)N1CCC[C@H](CCOc2ncc(B3OC(C)(C)C(C)(C)O3)cn2)C1. The molecule has 0 aromatic carbocycles. The number of aromatic nitrogens is 2. The zero-order valence-corrected chi connectivity index (χ0v) is 24.5. The van der Waals surface area contributed by atoms with Crippen LogP contribution in [0.4, 0.5) is 4.79 Å². The fraction of sp³-hybridized carbons (Fsp3) is 0.778. The lowest BCUT2D eigenvalue weighted by molar-refractivity contribution is -0.136. The van der Waals surface area contributed by atoms with Crippen molar-refractivity contribution in [2.45, 2.75) is 104 Å². The number of carbonyl (C=O) groups excluding carboxylic acids is 2. The molecule has 2 saturated heterocycles. The number of nitrogens with one attached hydrogen (secondary N) is 1. The lowest BCUT2D eigenvalue weighted by Crippen LogP contribution is -2.54. The molecule has 3 rings (SSSR count). The highest BCUT2D eigenvalue weighted by Gasteiger charge is 2.52. The molecule has 0 radical (unpaired) electrons. The van der Waals surface area contributed by atoms with Crippen molar-refractivity contribution in [3.05, 3.63) is 12.4 Å². The number of ether oxygens (including phenoxy) is 2. The molecule has 10 nitrogen and oxygen atoms in total. The molecule has 1 aromatic heterocycles. The Morgan fingerprint density at radius 3 is 2.32 bits per heavy atom. The second-order valence-corrected chi connectivity index (χ2v) is 12.7. The summed E-state index contributed by atoms with van der Waals surface area (Å²) in [5.74, 6) is 0.167. The normalized spacial score (nSPS) is 21.8. The number of carbonyl (C=O) groups is 2. The number of rotatable bonds is 8. The van der Waals surface area contributed by atoms with E-state index in [0.717, 1.165) is 24.7 Å². The Kier molecular flexibility index (Phi) is 9.34. The Morgan fingerprint density at radius 2 is 1.76 bits per heavy atom. The van der Waals surface area contributed by atoms with Crippen molar-refractivity contribution in [1.82, 2.24) is 20.2 Å².